The number of rotatable bonds is 7. The molecule has 75 heavy (non-hydrogen) atoms. The summed E-state index contributed by atoms with van der Waals surface area (Å²) in [7, 11) is 0. The molecule has 0 atom stereocenters. The van der Waals surface area contributed by atoms with Gasteiger partial charge in [-0.25, -0.2) is 15.0 Å². The van der Waals surface area contributed by atoms with Gasteiger partial charge in [-0.1, -0.05) is 171 Å². The van der Waals surface area contributed by atoms with Crippen molar-refractivity contribution in [1.82, 2.24) is 29.1 Å². The van der Waals surface area contributed by atoms with E-state index in [4.69, 9.17) is 19.9 Å². The highest BCUT2D eigenvalue weighted by Gasteiger charge is 2.26. The van der Waals surface area contributed by atoms with Crippen molar-refractivity contribution in [1.29, 1.82) is 0 Å². The van der Waals surface area contributed by atoms with E-state index in [1.807, 2.05) is 12.4 Å². The Kier molecular flexibility index (Phi) is 11.3. The molecule has 0 amide bonds. The Balaban J connectivity index is 1.15. The highest BCUT2D eigenvalue weighted by atomic mass is 15.0. The fraction of sp³-hybridized carbons (Fsp3) is 0.188. The minimum Gasteiger partial charge on any atom is -0.309 e. The highest BCUT2D eigenvalue weighted by molar-refractivity contribution is 6.12. The Morgan fingerprint density at radius 1 is 0.333 bits per heavy atom. The normalized spacial score (nSPS) is 12.4. The van der Waals surface area contributed by atoms with E-state index in [-0.39, 0.29) is 16.2 Å². The van der Waals surface area contributed by atoms with Gasteiger partial charge in [-0.05, 0) is 130 Å². The molecular formula is C69H62N6. The van der Waals surface area contributed by atoms with Crippen molar-refractivity contribution in [3.05, 3.63) is 217 Å². The van der Waals surface area contributed by atoms with Crippen molar-refractivity contribution >= 4 is 43.6 Å². The topological polar surface area (TPSA) is 61.4 Å². The Hall–Kier alpha value is -8.48. The molecule has 0 unspecified atom stereocenters. The van der Waals surface area contributed by atoms with Crippen LogP contribution in [0.1, 0.15) is 84.6 Å². The third kappa shape index (κ3) is 8.58. The molecule has 0 saturated carbocycles. The number of hydrogen-bond acceptors (Lipinski definition) is 4. The molecule has 0 bridgehead atoms. The summed E-state index contributed by atoms with van der Waals surface area (Å²) in [6.07, 6.45) is 3.94. The molecule has 0 radical (unpaired) electrons. The summed E-state index contributed by atoms with van der Waals surface area (Å²) in [5.41, 5.74) is 18.2. The van der Waals surface area contributed by atoms with Crippen LogP contribution in [0.5, 0.6) is 0 Å². The predicted molar refractivity (Wildman–Crippen MR) is 314 cm³/mol. The predicted octanol–water partition coefficient (Wildman–Crippen LogP) is 18.0. The van der Waals surface area contributed by atoms with E-state index in [0.717, 1.165) is 66.8 Å². The molecule has 0 aliphatic rings. The van der Waals surface area contributed by atoms with Gasteiger partial charge in [0.2, 0.25) is 0 Å². The van der Waals surface area contributed by atoms with Crippen LogP contribution in [-0.2, 0) is 16.2 Å². The zero-order valence-corrected chi connectivity index (χ0v) is 44.7. The van der Waals surface area contributed by atoms with Crippen LogP contribution < -0.4 is 0 Å². The number of para-hydroxylation sites is 3. The molecule has 6 heteroatoms. The standard InChI is InChI=1S/C69H62N6/c1-43-34-47(36-49(35-43)67(2,3)4)65-71-64(72-66(73-65)48-37-50(68(5,6)7)41-51(38-48)69(8,9)10)46-29-31-62(74-58-25-17-14-22-52(58)53-23-15-18-26-59(53)74)56(40-46)57-42-70-33-32-63(57)75-60-27-19-16-24-54(60)55-39-45(28-30-61(55)75)44-20-12-11-13-21-44/h11-42H,1-10H3. The maximum absolute atomic E-state index is 5.50. The lowest BCUT2D eigenvalue weighted by molar-refractivity contribution is 0.569. The van der Waals surface area contributed by atoms with Gasteiger partial charge < -0.3 is 9.13 Å². The number of fused-ring (bicyclic) bond motifs is 6. The number of hydrogen-bond donors (Lipinski definition) is 0. The van der Waals surface area contributed by atoms with Gasteiger partial charge in [0.05, 0.1) is 33.4 Å². The Labute approximate surface area is 440 Å². The fourth-order valence-electron chi connectivity index (χ4n) is 10.8. The third-order valence-electron chi connectivity index (χ3n) is 14.9. The minimum absolute atomic E-state index is 0.0817. The van der Waals surface area contributed by atoms with Gasteiger partial charge in [-0.2, -0.15) is 0 Å². The molecule has 0 aliphatic heterocycles. The van der Waals surface area contributed by atoms with Gasteiger partial charge in [0, 0.05) is 61.8 Å². The number of pyridine rings is 1. The second-order valence-electron chi connectivity index (χ2n) is 23.4. The van der Waals surface area contributed by atoms with E-state index >= 15 is 0 Å². The Morgan fingerprint density at radius 2 is 0.787 bits per heavy atom. The summed E-state index contributed by atoms with van der Waals surface area (Å²) in [5, 5.41) is 4.76. The lowest BCUT2D eigenvalue weighted by Crippen LogP contribution is -2.17. The smallest absolute Gasteiger partial charge is 0.164 e. The quantitative estimate of drug-likeness (QED) is 0.160. The van der Waals surface area contributed by atoms with Gasteiger partial charge in [-0.3, -0.25) is 4.98 Å². The molecule has 12 rings (SSSR count). The maximum Gasteiger partial charge on any atom is 0.164 e. The van der Waals surface area contributed by atoms with Crippen molar-refractivity contribution in [3.8, 4) is 67.8 Å². The maximum atomic E-state index is 5.50. The monoisotopic (exact) mass is 975 g/mol. The van der Waals surface area contributed by atoms with Gasteiger partial charge in [-0.15, -0.1) is 0 Å². The molecule has 0 N–H and O–H groups in total. The number of nitrogens with zero attached hydrogens (tertiary/aromatic N) is 6. The SMILES string of the molecule is Cc1cc(-c2nc(-c3cc(C(C)(C)C)cc(C(C)(C)C)c3)nc(-c3ccc(-n4c5ccccc5c5ccccc54)c(-c4cnccc4-n4c5ccccc5c5cc(-c6ccccc6)ccc54)c3)n2)cc(C(C)(C)C)c1. The summed E-state index contributed by atoms with van der Waals surface area (Å²) in [6, 6.07) is 66.2. The molecule has 4 aromatic heterocycles. The van der Waals surface area contributed by atoms with E-state index < -0.39 is 0 Å². The summed E-state index contributed by atoms with van der Waals surface area (Å²) < 4.78 is 4.83. The summed E-state index contributed by atoms with van der Waals surface area (Å²) in [4.78, 5) is 21.3. The average molecular weight is 975 g/mol. The van der Waals surface area contributed by atoms with Crippen molar-refractivity contribution in [2.45, 2.75) is 85.5 Å². The molecule has 4 heterocycles. The van der Waals surface area contributed by atoms with E-state index in [0.29, 0.717) is 17.5 Å². The second-order valence-corrected chi connectivity index (χ2v) is 23.4. The lowest BCUT2D eigenvalue weighted by Gasteiger charge is -2.26. The van der Waals surface area contributed by atoms with Gasteiger partial charge in [0.1, 0.15) is 0 Å². The van der Waals surface area contributed by atoms with Crippen LogP contribution in [0.2, 0.25) is 0 Å². The van der Waals surface area contributed by atoms with Gasteiger partial charge >= 0.3 is 0 Å². The third-order valence-corrected chi connectivity index (χ3v) is 14.9. The Morgan fingerprint density at radius 3 is 1.35 bits per heavy atom. The molecule has 0 aliphatic carbocycles. The van der Waals surface area contributed by atoms with Crippen LogP contribution in [0.25, 0.3) is 111 Å². The minimum atomic E-state index is -0.105. The summed E-state index contributed by atoms with van der Waals surface area (Å²) in [5.74, 6) is 1.87. The fourth-order valence-corrected chi connectivity index (χ4v) is 10.8. The molecule has 368 valence electrons. The van der Waals surface area contributed by atoms with Gasteiger partial charge in [0.15, 0.2) is 17.5 Å². The van der Waals surface area contributed by atoms with E-state index in [1.54, 1.807) is 0 Å². The molecule has 0 saturated heterocycles. The number of aromatic nitrogens is 6. The molecule has 8 aromatic carbocycles. The molecule has 0 fully saturated rings. The van der Waals surface area contributed by atoms with E-state index in [9.17, 15) is 0 Å². The van der Waals surface area contributed by atoms with Crippen molar-refractivity contribution in [3.63, 3.8) is 0 Å². The molecular weight excluding hydrogens is 913 g/mol. The lowest BCUT2D eigenvalue weighted by atomic mass is 9.79. The van der Waals surface area contributed by atoms with Crippen LogP contribution in [0.4, 0.5) is 0 Å². The summed E-state index contributed by atoms with van der Waals surface area (Å²) in [6.45, 7) is 22.6. The van der Waals surface area contributed by atoms with Crippen LogP contribution >= 0.6 is 0 Å². The first kappa shape index (κ1) is 47.5. The molecule has 6 nitrogen and oxygen atoms in total. The summed E-state index contributed by atoms with van der Waals surface area (Å²) >= 11 is 0. The van der Waals surface area contributed by atoms with Crippen molar-refractivity contribution < 1.29 is 0 Å². The van der Waals surface area contributed by atoms with Gasteiger partial charge in [0.25, 0.3) is 0 Å². The highest BCUT2D eigenvalue weighted by Crippen LogP contribution is 2.43. The number of aryl methyl sites for hydroxylation is 1. The first-order valence-electron chi connectivity index (χ1n) is 26.2. The van der Waals surface area contributed by atoms with Crippen molar-refractivity contribution in [2.75, 3.05) is 0 Å². The first-order valence-corrected chi connectivity index (χ1v) is 26.2. The van der Waals surface area contributed by atoms with Crippen LogP contribution in [0, 0.1) is 6.92 Å². The van der Waals surface area contributed by atoms with Crippen molar-refractivity contribution in [2.24, 2.45) is 0 Å². The van der Waals surface area contributed by atoms with Crippen LogP contribution in [0.15, 0.2) is 194 Å². The Bertz CT molecular complexity index is 4100. The van der Waals surface area contributed by atoms with E-state index in [2.05, 4.69) is 260 Å². The number of benzene rings is 8. The molecule has 12 aromatic rings. The largest absolute Gasteiger partial charge is 0.309 e. The average Bonchev–Trinajstić information content (AvgIpc) is 3.92. The zero-order valence-electron chi connectivity index (χ0n) is 44.7. The van der Waals surface area contributed by atoms with E-state index in [1.165, 1.54) is 49.4 Å². The molecule has 0 spiro atoms. The first-order chi connectivity index (χ1) is 36.0. The van der Waals surface area contributed by atoms with Crippen LogP contribution in [-0.4, -0.2) is 29.1 Å². The zero-order chi connectivity index (χ0) is 52.0. The second kappa shape index (κ2) is 17.9. The van der Waals surface area contributed by atoms with Crippen LogP contribution in [0.3, 0.4) is 0 Å².